The minimum atomic E-state index is -0.198. The van der Waals surface area contributed by atoms with Crippen LogP contribution in [0.3, 0.4) is 0 Å². The van der Waals surface area contributed by atoms with E-state index in [2.05, 4.69) is 15.1 Å². The van der Waals surface area contributed by atoms with E-state index >= 15 is 0 Å². The first-order chi connectivity index (χ1) is 11.7. The van der Waals surface area contributed by atoms with Crippen molar-refractivity contribution in [1.82, 2.24) is 14.8 Å². The monoisotopic (exact) mass is 332 g/mol. The van der Waals surface area contributed by atoms with Gasteiger partial charge in [0.2, 0.25) is 5.95 Å². The molecule has 2 aliphatic rings. The number of hydrogen-bond acceptors (Lipinski definition) is 5. The molecule has 2 aromatic rings. The number of alkyl halides is 1. The topological polar surface area (TPSA) is 52.4 Å². The quantitative estimate of drug-likeness (QED) is 0.840. The first-order valence-corrected chi connectivity index (χ1v) is 8.10. The molecule has 3 atom stereocenters. The summed E-state index contributed by atoms with van der Waals surface area (Å²) < 4.78 is 25.5. The van der Waals surface area contributed by atoms with Crippen LogP contribution >= 0.6 is 0 Å². The lowest BCUT2D eigenvalue weighted by molar-refractivity contribution is 0.395. The Balaban J connectivity index is 1.61. The van der Waals surface area contributed by atoms with Gasteiger partial charge in [-0.25, -0.2) is 0 Å². The fraction of sp³-hybridized carbons (Fsp3) is 0.529. The summed E-state index contributed by atoms with van der Waals surface area (Å²) in [5.41, 5.74) is 0.866. The van der Waals surface area contributed by atoms with Gasteiger partial charge in [-0.2, -0.15) is 0 Å². The highest BCUT2D eigenvalue weighted by atomic mass is 19.1. The maximum absolute atomic E-state index is 12.8. The normalized spacial score (nSPS) is 24.8. The summed E-state index contributed by atoms with van der Waals surface area (Å²) in [6.07, 6.45) is 0. The van der Waals surface area contributed by atoms with Crippen molar-refractivity contribution < 1.29 is 13.9 Å². The van der Waals surface area contributed by atoms with E-state index < -0.39 is 0 Å². The molecule has 1 unspecified atom stereocenters. The molecule has 2 heterocycles. The summed E-state index contributed by atoms with van der Waals surface area (Å²) in [6.45, 7) is 1.53. The van der Waals surface area contributed by atoms with Gasteiger partial charge in [0.15, 0.2) is 5.82 Å². The molecule has 0 N–H and O–H groups in total. The van der Waals surface area contributed by atoms with E-state index in [0.717, 1.165) is 36.2 Å². The van der Waals surface area contributed by atoms with Gasteiger partial charge in [-0.1, -0.05) is 0 Å². The summed E-state index contributed by atoms with van der Waals surface area (Å²) in [7, 11) is 5.20. The number of hydrogen-bond donors (Lipinski definition) is 0. The summed E-state index contributed by atoms with van der Waals surface area (Å²) in [4.78, 5) is 2.20. The fourth-order valence-corrected chi connectivity index (χ4v) is 3.86. The Morgan fingerprint density at radius 3 is 2.54 bits per heavy atom. The number of anilines is 1. The molecule has 0 amide bonds. The third-order valence-electron chi connectivity index (χ3n) is 5.33. The Labute approximate surface area is 140 Å². The van der Waals surface area contributed by atoms with Gasteiger partial charge in [0.05, 0.1) is 26.5 Å². The fourth-order valence-electron chi connectivity index (χ4n) is 3.86. The van der Waals surface area contributed by atoms with Crippen molar-refractivity contribution in [3.63, 3.8) is 0 Å². The highest BCUT2D eigenvalue weighted by molar-refractivity contribution is 5.67. The number of halogens is 1. The van der Waals surface area contributed by atoms with Crippen LogP contribution in [-0.2, 0) is 7.05 Å². The largest absolute Gasteiger partial charge is 0.497 e. The molecule has 0 radical (unpaired) electrons. The molecule has 1 aliphatic heterocycles. The number of fused-ring (bicyclic) bond motifs is 1. The van der Waals surface area contributed by atoms with Crippen molar-refractivity contribution >= 4 is 5.95 Å². The molecule has 2 fully saturated rings. The van der Waals surface area contributed by atoms with Crippen LogP contribution < -0.4 is 14.4 Å². The van der Waals surface area contributed by atoms with E-state index in [1.807, 2.05) is 29.8 Å². The average molecular weight is 332 g/mol. The van der Waals surface area contributed by atoms with E-state index in [4.69, 9.17) is 9.47 Å². The van der Waals surface area contributed by atoms with Crippen LogP contribution in [0.1, 0.15) is 0 Å². The Morgan fingerprint density at radius 2 is 1.92 bits per heavy atom. The molecule has 1 aliphatic carbocycles. The Morgan fingerprint density at radius 1 is 1.17 bits per heavy atom. The van der Waals surface area contributed by atoms with E-state index in [9.17, 15) is 4.39 Å². The van der Waals surface area contributed by atoms with Crippen LogP contribution in [0.2, 0.25) is 0 Å². The Bertz CT molecular complexity index is 751. The van der Waals surface area contributed by atoms with Crippen LogP contribution in [0.25, 0.3) is 11.4 Å². The van der Waals surface area contributed by atoms with Gasteiger partial charge in [-0.05, 0) is 29.9 Å². The van der Waals surface area contributed by atoms with E-state index in [1.165, 1.54) is 0 Å². The highest BCUT2D eigenvalue weighted by Gasteiger charge is 2.56. The van der Waals surface area contributed by atoms with Gasteiger partial charge in [0.25, 0.3) is 0 Å². The molecule has 1 saturated heterocycles. The maximum atomic E-state index is 12.8. The minimum absolute atomic E-state index is 0.198. The van der Waals surface area contributed by atoms with Gasteiger partial charge in [-0.3, -0.25) is 8.96 Å². The molecular formula is C17H21FN4O2. The van der Waals surface area contributed by atoms with E-state index in [1.54, 1.807) is 14.2 Å². The molecule has 6 nitrogen and oxygen atoms in total. The molecule has 1 aromatic carbocycles. The van der Waals surface area contributed by atoms with Crippen LogP contribution in [0, 0.1) is 17.8 Å². The third-order valence-corrected chi connectivity index (χ3v) is 5.33. The molecule has 0 bridgehead atoms. The number of nitrogens with zero attached hydrogens (tertiary/aromatic N) is 4. The van der Waals surface area contributed by atoms with Crippen LogP contribution in [-0.4, -0.2) is 48.7 Å². The predicted molar refractivity (Wildman–Crippen MR) is 88.2 cm³/mol. The Hall–Kier alpha value is -2.31. The van der Waals surface area contributed by atoms with Crippen molar-refractivity contribution in [3.8, 4) is 22.9 Å². The number of methoxy groups -OCH3 is 2. The summed E-state index contributed by atoms with van der Waals surface area (Å²) in [6, 6.07) is 5.63. The van der Waals surface area contributed by atoms with Crippen LogP contribution in [0.4, 0.5) is 10.3 Å². The smallest absolute Gasteiger partial charge is 0.227 e. The predicted octanol–water partition coefficient (Wildman–Crippen LogP) is 2.15. The number of rotatable bonds is 5. The second-order valence-corrected chi connectivity index (χ2v) is 6.50. The first kappa shape index (κ1) is 15.2. The second kappa shape index (κ2) is 5.65. The average Bonchev–Trinajstić information content (AvgIpc) is 2.93. The van der Waals surface area contributed by atoms with Crippen LogP contribution in [0.15, 0.2) is 18.2 Å². The lowest BCUT2D eigenvalue weighted by Crippen LogP contribution is -2.27. The Kier molecular flexibility index (Phi) is 3.58. The van der Waals surface area contributed by atoms with Gasteiger partial charge in [-0.15, -0.1) is 10.2 Å². The van der Waals surface area contributed by atoms with Gasteiger partial charge < -0.3 is 14.4 Å². The van der Waals surface area contributed by atoms with Crippen molar-refractivity contribution in [1.29, 1.82) is 0 Å². The molecule has 1 saturated carbocycles. The number of benzene rings is 1. The zero-order valence-corrected chi connectivity index (χ0v) is 14.1. The zero-order chi connectivity index (χ0) is 16.8. The standard InChI is InChI=1S/C17H21FN4O2/c1-21-16(11-5-4-10(23-2)6-15(11)24-3)19-20-17(21)22-8-13-12(7-18)14(13)9-22/h4-6,12-14H,7-9H2,1-3H3/t12?,13-,14+. The van der Waals surface area contributed by atoms with Crippen LogP contribution in [0.5, 0.6) is 11.5 Å². The minimum Gasteiger partial charge on any atom is -0.497 e. The first-order valence-electron chi connectivity index (χ1n) is 8.10. The summed E-state index contributed by atoms with van der Waals surface area (Å²) in [5, 5.41) is 8.71. The SMILES string of the molecule is COc1ccc(-c2nnc(N3C[C@@H]4C(CF)[C@@H]4C3)n2C)c(OC)c1. The molecule has 128 valence electrons. The molecule has 0 spiro atoms. The van der Waals surface area contributed by atoms with Crippen molar-refractivity contribution in [3.05, 3.63) is 18.2 Å². The van der Waals surface area contributed by atoms with Crippen molar-refractivity contribution in [2.24, 2.45) is 24.8 Å². The van der Waals surface area contributed by atoms with Gasteiger partial charge in [0, 0.05) is 26.2 Å². The second-order valence-electron chi connectivity index (χ2n) is 6.50. The lowest BCUT2D eigenvalue weighted by atomic mass is 10.2. The van der Waals surface area contributed by atoms with Crippen molar-refractivity contribution in [2.45, 2.75) is 0 Å². The van der Waals surface area contributed by atoms with E-state index in [0.29, 0.717) is 17.6 Å². The highest BCUT2D eigenvalue weighted by Crippen LogP contribution is 2.52. The number of ether oxygens (including phenoxy) is 2. The number of aromatic nitrogens is 3. The molecular weight excluding hydrogens is 311 g/mol. The zero-order valence-electron chi connectivity index (χ0n) is 14.1. The summed E-state index contributed by atoms with van der Waals surface area (Å²) >= 11 is 0. The molecule has 24 heavy (non-hydrogen) atoms. The third kappa shape index (κ3) is 2.22. The van der Waals surface area contributed by atoms with Gasteiger partial charge in [0.1, 0.15) is 11.5 Å². The molecule has 4 rings (SSSR count). The maximum Gasteiger partial charge on any atom is 0.227 e. The molecule has 7 heteroatoms. The van der Waals surface area contributed by atoms with Gasteiger partial charge >= 0.3 is 0 Å². The summed E-state index contributed by atoms with van der Waals surface area (Å²) in [5.74, 6) is 4.21. The lowest BCUT2D eigenvalue weighted by Gasteiger charge is -2.20. The van der Waals surface area contributed by atoms with Crippen molar-refractivity contribution in [2.75, 3.05) is 38.9 Å². The number of piperidine rings is 1. The molecule has 1 aromatic heterocycles. The van der Waals surface area contributed by atoms with E-state index in [-0.39, 0.29) is 12.6 Å².